The maximum Gasteiger partial charge on any atom is 0.416 e. The summed E-state index contributed by atoms with van der Waals surface area (Å²) in [5, 5.41) is 9.17. The highest BCUT2D eigenvalue weighted by atomic mass is 19.4. The number of halogens is 3. The molecule has 0 bridgehead atoms. The fraction of sp³-hybridized carbons (Fsp3) is 0.400. The smallest absolute Gasteiger partial charge is 0.389 e. The molecule has 0 saturated heterocycles. The van der Waals surface area contributed by atoms with Gasteiger partial charge in [-0.15, -0.1) is 0 Å². The van der Waals surface area contributed by atoms with Gasteiger partial charge in [-0.05, 0) is 31.5 Å². The molecular weight excluding hydrogens is 193 g/mol. The molecule has 78 valence electrons. The van der Waals surface area contributed by atoms with Crippen molar-refractivity contribution in [3.8, 4) is 0 Å². The Labute approximate surface area is 80.2 Å². The highest BCUT2D eigenvalue weighted by molar-refractivity contribution is 5.32. The van der Waals surface area contributed by atoms with E-state index in [2.05, 4.69) is 0 Å². The lowest BCUT2D eigenvalue weighted by molar-refractivity contribution is -0.137. The summed E-state index contributed by atoms with van der Waals surface area (Å²) in [6.45, 7) is 3.01. The number of aliphatic hydroxyl groups is 1. The summed E-state index contributed by atoms with van der Waals surface area (Å²) >= 11 is 0. The first-order chi connectivity index (χ1) is 6.30. The molecule has 0 amide bonds. The maximum absolute atomic E-state index is 12.3. The van der Waals surface area contributed by atoms with E-state index in [0.717, 1.165) is 12.1 Å². The van der Waals surface area contributed by atoms with Crippen molar-refractivity contribution >= 4 is 0 Å². The number of benzene rings is 1. The molecule has 14 heavy (non-hydrogen) atoms. The summed E-state index contributed by atoms with van der Waals surface area (Å²) in [7, 11) is 0. The second-order valence-corrected chi connectivity index (χ2v) is 3.31. The molecule has 1 unspecified atom stereocenters. The van der Waals surface area contributed by atoms with Gasteiger partial charge in [0.25, 0.3) is 0 Å². The van der Waals surface area contributed by atoms with Crippen LogP contribution < -0.4 is 0 Å². The van der Waals surface area contributed by atoms with E-state index < -0.39 is 17.8 Å². The van der Waals surface area contributed by atoms with Crippen LogP contribution in [0.25, 0.3) is 0 Å². The molecule has 0 aliphatic rings. The van der Waals surface area contributed by atoms with Gasteiger partial charge >= 0.3 is 6.18 Å². The Hall–Kier alpha value is -1.03. The molecule has 0 radical (unpaired) electrons. The number of alkyl halides is 3. The topological polar surface area (TPSA) is 20.2 Å². The van der Waals surface area contributed by atoms with E-state index in [0.29, 0.717) is 5.56 Å². The fourth-order valence-corrected chi connectivity index (χ4v) is 1.22. The molecule has 1 nitrogen and oxygen atoms in total. The summed E-state index contributed by atoms with van der Waals surface area (Å²) < 4.78 is 37.0. The summed E-state index contributed by atoms with van der Waals surface area (Å²) in [6.07, 6.45) is -5.23. The van der Waals surface area contributed by atoms with Crippen LogP contribution in [-0.2, 0) is 6.18 Å². The zero-order chi connectivity index (χ0) is 10.9. The highest BCUT2D eigenvalue weighted by Crippen LogP contribution is 2.31. The second-order valence-electron chi connectivity index (χ2n) is 3.31. The quantitative estimate of drug-likeness (QED) is 0.745. The first kappa shape index (κ1) is 11.0. The fourth-order valence-electron chi connectivity index (χ4n) is 1.22. The van der Waals surface area contributed by atoms with E-state index in [1.165, 1.54) is 6.92 Å². The first-order valence-electron chi connectivity index (χ1n) is 4.17. The number of aryl methyl sites for hydroxylation is 1. The number of rotatable bonds is 1. The van der Waals surface area contributed by atoms with Crippen LogP contribution in [0.3, 0.4) is 0 Å². The Morgan fingerprint density at radius 3 is 2.21 bits per heavy atom. The monoisotopic (exact) mass is 204 g/mol. The molecular formula is C10H11F3O. The highest BCUT2D eigenvalue weighted by Gasteiger charge is 2.31. The van der Waals surface area contributed by atoms with Gasteiger partial charge in [0.05, 0.1) is 11.7 Å². The van der Waals surface area contributed by atoms with Crippen molar-refractivity contribution in [3.63, 3.8) is 0 Å². The van der Waals surface area contributed by atoms with Gasteiger partial charge in [0.2, 0.25) is 0 Å². The van der Waals surface area contributed by atoms with E-state index in [1.54, 1.807) is 13.0 Å². The zero-order valence-corrected chi connectivity index (χ0v) is 7.89. The zero-order valence-electron chi connectivity index (χ0n) is 7.89. The number of hydrogen-bond donors (Lipinski definition) is 1. The molecule has 1 atom stereocenters. The Morgan fingerprint density at radius 1 is 1.21 bits per heavy atom. The van der Waals surface area contributed by atoms with Gasteiger partial charge in [-0.2, -0.15) is 13.2 Å². The van der Waals surface area contributed by atoms with Gasteiger partial charge in [0.1, 0.15) is 0 Å². The summed E-state index contributed by atoms with van der Waals surface area (Å²) in [4.78, 5) is 0. The maximum atomic E-state index is 12.3. The molecule has 1 rings (SSSR count). The van der Waals surface area contributed by atoms with Crippen LogP contribution in [0.15, 0.2) is 18.2 Å². The third kappa shape index (κ3) is 2.48. The van der Waals surface area contributed by atoms with Gasteiger partial charge in [0, 0.05) is 0 Å². The number of hydrogen-bond acceptors (Lipinski definition) is 1. The normalized spacial score (nSPS) is 14.1. The predicted octanol–water partition coefficient (Wildman–Crippen LogP) is 3.07. The van der Waals surface area contributed by atoms with Gasteiger partial charge in [0.15, 0.2) is 0 Å². The van der Waals surface area contributed by atoms with Crippen molar-refractivity contribution in [1.82, 2.24) is 0 Å². The Morgan fingerprint density at radius 2 is 1.79 bits per heavy atom. The third-order valence-corrected chi connectivity index (χ3v) is 1.91. The molecule has 0 heterocycles. The van der Waals surface area contributed by atoms with Gasteiger partial charge in [-0.1, -0.05) is 11.6 Å². The van der Waals surface area contributed by atoms with Crippen LogP contribution in [0, 0.1) is 6.92 Å². The minimum atomic E-state index is -4.35. The molecule has 1 aromatic carbocycles. The first-order valence-corrected chi connectivity index (χ1v) is 4.17. The van der Waals surface area contributed by atoms with Crippen LogP contribution in [0.5, 0.6) is 0 Å². The second kappa shape index (κ2) is 3.61. The minimum Gasteiger partial charge on any atom is -0.389 e. The van der Waals surface area contributed by atoms with Crippen LogP contribution in [0.4, 0.5) is 13.2 Å². The molecule has 0 aromatic heterocycles. The largest absolute Gasteiger partial charge is 0.416 e. The van der Waals surface area contributed by atoms with Gasteiger partial charge in [-0.3, -0.25) is 0 Å². The van der Waals surface area contributed by atoms with Crippen LogP contribution in [0.2, 0.25) is 0 Å². The summed E-state index contributed by atoms with van der Waals surface area (Å²) in [5.41, 5.74) is 0.0708. The lowest BCUT2D eigenvalue weighted by Crippen LogP contribution is -2.07. The van der Waals surface area contributed by atoms with E-state index >= 15 is 0 Å². The van der Waals surface area contributed by atoms with Crippen molar-refractivity contribution in [3.05, 3.63) is 34.9 Å². The molecule has 0 fully saturated rings. The van der Waals surface area contributed by atoms with Crippen molar-refractivity contribution < 1.29 is 18.3 Å². The molecule has 1 aromatic rings. The molecule has 0 aliphatic carbocycles. The van der Waals surface area contributed by atoms with Crippen LogP contribution >= 0.6 is 0 Å². The Bertz CT molecular complexity index is 329. The lowest BCUT2D eigenvalue weighted by Gasteiger charge is -2.11. The van der Waals surface area contributed by atoms with E-state index in [1.807, 2.05) is 0 Å². The van der Waals surface area contributed by atoms with Crippen molar-refractivity contribution in [2.24, 2.45) is 0 Å². The predicted molar refractivity (Wildman–Crippen MR) is 46.8 cm³/mol. The third-order valence-electron chi connectivity index (χ3n) is 1.91. The molecule has 0 saturated carbocycles. The molecule has 0 aliphatic heterocycles. The van der Waals surface area contributed by atoms with E-state index in [9.17, 15) is 18.3 Å². The number of aliphatic hydroxyl groups excluding tert-OH is 1. The van der Waals surface area contributed by atoms with E-state index in [-0.39, 0.29) is 5.56 Å². The standard InChI is InChI=1S/C10H11F3O/c1-6-3-8(7(2)14)5-9(4-6)10(11,12)13/h3-5,7,14H,1-2H3. The molecule has 0 spiro atoms. The van der Waals surface area contributed by atoms with E-state index in [4.69, 9.17) is 0 Å². The van der Waals surface area contributed by atoms with Crippen LogP contribution in [0.1, 0.15) is 29.7 Å². The Balaban J connectivity index is 3.21. The average molecular weight is 204 g/mol. The molecule has 4 heteroatoms. The van der Waals surface area contributed by atoms with Crippen molar-refractivity contribution in [2.45, 2.75) is 26.1 Å². The SMILES string of the molecule is Cc1cc(C(C)O)cc(C(F)(F)F)c1. The summed E-state index contributed by atoms with van der Waals surface area (Å²) in [6, 6.07) is 3.57. The Kier molecular flexibility index (Phi) is 2.85. The van der Waals surface area contributed by atoms with Crippen LogP contribution in [-0.4, -0.2) is 5.11 Å². The minimum absolute atomic E-state index is 0.289. The van der Waals surface area contributed by atoms with Gasteiger partial charge < -0.3 is 5.11 Å². The van der Waals surface area contributed by atoms with Crippen molar-refractivity contribution in [2.75, 3.05) is 0 Å². The lowest BCUT2D eigenvalue weighted by atomic mass is 10.0. The summed E-state index contributed by atoms with van der Waals surface area (Å²) in [5.74, 6) is 0. The van der Waals surface area contributed by atoms with Gasteiger partial charge in [-0.25, -0.2) is 0 Å². The van der Waals surface area contributed by atoms with Crippen molar-refractivity contribution in [1.29, 1.82) is 0 Å². The average Bonchev–Trinajstić information content (AvgIpc) is 2.01. The molecule has 1 N–H and O–H groups in total.